The fourth-order valence-corrected chi connectivity index (χ4v) is 4.92. The minimum atomic E-state index is -0.0752. The molecule has 1 aliphatic rings. The number of carbonyl (C=O) groups excluding carboxylic acids is 1. The maximum absolute atomic E-state index is 12.8. The van der Waals surface area contributed by atoms with Gasteiger partial charge in [-0.2, -0.15) is 0 Å². The van der Waals surface area contributed by atoms with Crippen LogP contribution >= 0.6 is 11.3 Å². The first-order chi connectivity index (χ1) is 11.8. The third-order valence-electron chi connectivity index (χ3n) is 5.81. The summed E-state index contributed by atoms with van der Waals surface area (Å²) in [6.07, 6.45) is 4.31. The highest BCUT2D eigenvalue weighted by Gasteiger charge is 2.34. The van der Waals surface area contributed by atoms with Crippen LogP contribution < -0.4 is 11.1 Å². The van der Waals surface area contributed by atoms with Crippen molar-refractivity contribution in [3.8, 4) is 0 Å². The number of anilines is 2. The number of amides is 1. The van der Waals surface area contributed by atoms with Crippen molar-refractivity contribution in [3.05, 3.63) is 45.8 Å². The lowest BCUT2D eigenvalue weighted by atomic mass is 9.69. The zero-order valence-corrected chi connectivity index (χ0v) is 16.4. The van der Waals surface area contributed by atoms with Crippen molar-refractivity contribution >= 4 is 27.9 Å². The molecule has 0 saturated heterocycles. The predicted octanol–water partition coefficient (Wildman–Crippen LogP) is 5.43. The summed E-state index contributed by atoms with van der Waals surface area (Å²) in [5.74, 6) is 0.588. The van der Waals surface area contributed by atoms with E-state index in [-0.39, 0.29) is 5.91 Å². The molecule has 0 radical (unpaired) electrons. The largest absolute Gasteiger partial charge is 0.390 e. The van der Waals surface area contributed by atoms with Gasteiger partial charge in [0.05, 0.1) is 10.6 Å². The second kappa shape index (κ2) is 6.83. The average Bonchev–Trinajstić information content (AvgIpc) is 2.89. The van der Waals surface area contributed by atoms with E-state index < -0.39 is 0 Å². The van der Waals surface area contributed by atoms with Crippen molar-refractivity contribution in [1.29, 1.82) is 0 Å². The number of hydrogen-bond donors (Lipinski definition) is 2. The van der Waals surface area contributed by atoms with Crippen molar-refractivity contribution in [2.75, 3.05) is 11.1 Å². The Balaban J connectivity index is 1.84. The topological polar surface area (TPSA) is 55.1 Å². The highest BCUT2D eigenvalue weighted by Crippen LogP contribution is 2.44. The van der Waals surface area contributed by atoms with Crippen LogP contribution in [0.25, 0.3) is 0 Å². The molecule has 0 saturated carbocycles. The van der Waals surface area contributed by atoms with E-state index in [1.54, 1.807) is 11.3 Å². The number of nitrogen functional groups attached to an aromatic ring is 1. The number of aryl methyl sites for hydroxylation is 1. The smallest absolute Gasteiger partial charge is 0.258 e. The van der Waals surface area contributed by atoms with Crippen LogP contribution in [-0.2, 0) is 12.8 Å². The maximum atomic E-state index is 12.8. The van der Waals surface area contributed by atoms with Crippen molar-refractivity contribution in [2.24, 2.45) is 11.3 Å². The van der Waals surface area contributed by atoms with Gasteiger partial charge in [-0.25, -0.2) is 0 Å². The van der Waals surface area contributed by atoms with E-state index in [2.05, 4.69) is 26.1 Å². The first-order valence-electron chi connectivity index (χ1n) is 9.10. The molecule has 3 nitrogen and oxygen atoms in total. The van der Waals surface area contributed by atoms with Gasteiger partial charge in [0.25, 0.3) is 5.91 Å². The Kier molecular flexibility index (Phi) is 4.92. The van der Waals surface area contributed by atoms with Crippen LogP contribution in [0, 0.1) is 18.3 Å². The molecule has 3 rings (SSSR count). The van der Waals surface area contributed by atoms with E-state index in [0.717, 1.165) is 30.5 Å². The third-order valence-corrected chi connectivity index (χ3v) is 6.90. The molecule has 1 aromatic carbocycles. The Morgan fingerprint density at radius 3 is 2.84 bits per heavy atom. The highest BCUT2D eigenvalue weighted by atomic mass is 32.1. The van der Waals surface area contributed by atoms with Crippen LogP contribution in [-0.4, -0.2) is 5.91 Å². The van der Waals surface area contributed by atoms with E-state index in [9.17, 15) is 4.79 Å². The van der Waals surface area contributed by atoms with Gasteiger partial charge >= 0.3 is 0 Å². The number of hydrogen-bond acceptors (Lipinski definition) is 3. The number of rotatable bonds is 4. The number of nitrogens with two attached hydrogens (primary N) is 1. The lowest BCUT2D eigenvalue weighted by Gasteiger charge is -2.36. The van der Waals surface area contributed by atoms with E-state index >= 15 is 0 Å². The molecule has 4 heteroatoms. The van der Waals surface area contributed by atoms with Crippen molar-refractivity contribution in [3.63, 3.8) is 0 Å². The molecule has 2 aromatic rings. The van der Waals surface area contributed by atoms with Gasteiger partial charge in [0.2, 0.25) is 0 Å². The summed E-state index contributed by atoms with van der Waals surface area (Å²) < 4.78 is 0. The van der Waals surface area contributed by atoms with Crippen LogP contribution in [0.5, 0.6) is 0 Å². The zero-order chi connectivity index (χ0) is 18.2. The molecule has 0 bridgehead atoms. The van der Waals surface area contributed by atoms with Crippen LogP contribution in [0.1, 0.15) is 60.0 Å². The summed E-state index contributed by atoms with van der Waals surface area (Å²) in [4.78, 5) is 14.1. The minimum absolute atomic E-state index is 0.0752. The van der Waals surface area contributed by atoms with E-state index in [1.807, 2.05) is 31.2 Å². The Morgan fingerprint density at radius 2 is 2.16 bits per heavy atom. The van der Waals surface area contributed by atoms with Crippen LogP contribution in [0.3, 0.4) is 0 Å². The fourth-order valence-electron chi connectivity index (χ4n) is 3.73. The maximum Gasteiger partial charge on any atom is 0.258 e. The molecule has 1 aromatic heterocycles. The summed E-state index contributed by atoms with van der Waals surface area (Å²) >= 11 is 1.61. The molecular weight excluding hydrogens is 328 g/mol. The molecule has 25 heavy (non-hydrogen) atoms. The molecule has 0 unspecified atom stereocenters. The summed E-state index contributed by atoms with van der Waals surface area (Å²) in [5.41, 5.74) is 10.4. The average molecular weight is 357 g/mol. The van der Waals surface area contributed by atoms with Gasteiger partial charge in [0, 0.05) is 10.6 Å². The van der Waals surface area contributed by atoms with Gasteiger partial charge in [-0.1, -0.05) is 39.3 Å². The van der Waals surface area contributed by atoms with Gasteiger partial charge in [-0.05, 0) is 60.8 Å². The second-order valence-corrected chi connectivity index (χ2v) is 8.99. The van der Waals surface area contributed by atoms with Crippen LogP contribution in [0.2, 0.25) is 0 Å². The molecular formula is C21H28N2OS. The zero-order valence-electron chi connectivity index (χ0n) is 15.6. The van der Waals surface area contributed by atoms with Gasteiger partial charge < -0.3 is 11.1 Å². The molecule has 1 atom stereocenters. The number of fused-ring (bicyclic) bond motifs is 1. The number of thiophene rings is 1. The van der Waals surface area contributed by atoms with Gasteiger partial charge in [0.15, 0.2) is 0 Å². The normalized spacial score (nSPS) is 17.2. The Morgan fingerprint density at radius 1 is 1.40 bits per heavy atom. The molecule has 0 fully saturated rings. The van der Waals surface area contributed by atoms with E-state index in [4.69, 9.17) is 5.73 Å². The molecule has 0 aliphatic heterocycles. The minimum Gasteiger partial charge on any atom is -0.390 e. The monoisotopic (exact) mass is 356 g/mol. The quantitative estimate of drug-likeness (QED) is 0.767. The number of nitrogens with one attached hydrogen (secondary N) is 1. The lowest BCUT2D eigenvalue weighted by Crippen LogP contribution is -2.29. The van der Waals surface area contributed by atoms with E-state index in [1.165, 1.54) is 16.9 Å². The number of carbonyl (C=O) groups is 1. The first kappa shape index (κ1) is 18.0. The van der Waals surface area contributed by atoms with Gasteiger partial charge in [-0.15, -0.1) is 11.3 Å². The molecule has 1 heterocycles. The molecule has 1 amide bonds. The first-order valence-corrected chi connectivity index (χ1v) is 9.91. The Labute approximate surface area is 154 Å². The van der Waals surface area contributed by atoms with Gasteiger partial charge in [-0.3, -0.25) is 4.79 Å². The van der Waals surface area contributed by atoms with Crippen molar-refractivity contribution in [2.45, 2.75) is 53.4 Å². The molecule has 3 N–H and O–H groups in total. The standard InChI is InChI=1S/C21H28N2OS/c1-5-21(3,4)14-9-10-16-17(12-14)25-19(22)18(16)20(24)23-15-8-6-7-13(2)11-15/h6-8,11,14H,5,9-10,12,22H2,1-4H3,(H,23,24)/t14-/m1/s1. The van der Waals surface area contributed by atoms with Crippen LogP contribution in [0.15, 0.2) is 24.3 Å². The summed E-state index contributed by atoms with van der Waals surface area (Å²) in [7, 11) is 0. The third kappa shape index (κ3) is 3.59. The SMILES string of the molecule is CCC(C)(C)[C@@H]1CCc2c(sc(N)c2C(=O)Nc2cccc(C)c2)C1. The van der Waals surface area contributed by atoms with Crippen molar-refractivity contribution < 1.29 is 4.79 Å². The predicted molar refractivity (Wildman–Crippen MR) is 107 cm³/mol. The summed E-state index contributed by atoms with van der Waals surface area (Å²) in [6.45, 7) is 8.99. The van der Waals surface area contributed by atoms with E-state index in [0.29, 0.717) is 21.9 Å². The molecule has 134 valence electrons. The highest BCUT2D eigenvalue weighted by molar-refractivity contribution is 7.16. The Hall–Kier alpha value is -1.81. The fraction of sp³-hybridized carbons (Fsp3) is 0.476. The van der Waals surface area contributed by atoms with Gasteiger partial charge in [0.1, 0.15) is 0 Å². The van der Waals surface area contributed by atoms with Crippen LogP contribution in [0.4, 0.5) is 10.7 Å². The molecule has 1 aliphatic carbocycles. The van der Waals surface area contributed by atoms with Crippen molar-refractivity contribution in [1.82, 2.24) is 0 Å². The summed E-state index contributed by atoms with van der Waals surface area (Å²) in [5, 5.41) is 3.67. The summed E-state index contributed by atoms with van der Waals surface area (Å²) in [6, 6.07) is 7.87. The number of benzene rings is 1. The second-order valence-electron chi connectivity index (χ2n) is 7.85. The Bertz CT molecular complexity index is 791. The lowest BCUT2D eigenvalue weighted by molar-refractivity contribution is 0.102. The molecule has 0 spiro atoms.